The van der Waals surface area contributed by atoms with Crippen molar-refractivity contribution in [1.29, 1.82) is 0 Å². The third-order valence-corrected chi connectivity index (χ3v) is 4.72. The fourth-order valence-electron chi connectivity index (χ4n) is 2.00. The van der Waals surface area contributed by atoms with E-state index in [1.807, 2.05) is 6.07 Å². The molecule has 21 heavy (non-hydrogen) atoms. The van der Waals surface area contributed by atoms with Gasteiger partial charge in [0.25, 0.3) is 10.0 Å². The zero-order chi connectivity index (χ0) is 15.8. The van der Waals surface area contributed by atoms with Gasteiger partial charge in [0.2, 0.25) is 0 Å². The highest BCUT2D eigenvalue weighted by atomic mass is 32.2. The van der Waals surface area contributed by atoms with Crippen LogP contribution in [0.5, 0.6) is 0 Å². The molecule has 2 aromatic rings. The number of hydrogen-bond acceptors (Lipinski definition) is 3. The molecule has 0 amide bonds. The van der Waals surface area contributed by atoms with Gasteiger partial charge in [-0.2, -0.15) is 0 Å². The van der Waals surface area contributed by atoms with Gasteiger partial charge < -0.3 is 5.73 Å². The summed E-state index contributed by atoms with van der Waals surface area (Å²) in [6.07, 6.45) is 0. The maximum Gasteiger partial charge on any atom is 0.262 e. The van der Waals surface area contributed by atoms with Crippen LogP contribution in [-0.4, -0.2) is 8.42 Å². The van der Waals surface area contributed by atoms with Crippen molar-refractivity contribution in [2.75, 3.05) is 10.5 Å². The molecule has 112 valence electrons. The van der Waals surface area contributed by atoms with E-state index in [0.717, 1.165) is 17.2 Å². The molecule has 0 aliphatic carbocycles. The lowest BCUT2D eigenvalue weighted by Gasteiger charge is -2.14. The Bertz CT molecular complexity index is 758. The van der Waals surface area contributed by atoms with Crippen LogP contribution in [0.4, 0.5) is 15.8 Å². The predicted molar refractivity (Wildman–Crippen MR) is 82.3 cm³/mol. The van der Waals surface area contributed by atoms with Gasteiger partial charge in [0, 0.05) is 11.3 Å². The molecule has 3 N–H and O–H groups in total. The van der Waals surface area contributed by atoms with Crippen LogP contribution >= 0.6 is 0 Å². The van der Waals surface area contributed by atoms with Gasteiger partial charge in [0.1, 0.15) is 5.82 Å². The monoisotopic (exact) mass is 308 g/mol. The predicted octanol–water partition coefficient (Wildman–Crippen LogP) is 3.13. The van der Waals surface area contributed by atoms with Crippen LogP contribution in [-0.2, 0) is 10.0 Å². The molecule has 0 aromatic heterocycles. The number of aryl methyl sites for hydroxylation is 2. The number of halogens is 1. The van der Waals surface area contributed by atoms with Crippen molar-refractivity contribution in [3.8, 4) is 0 Å². The third-order valence-electron chi connectivity index (χ3n) is 3.39. The largest absolute Gasteiger partial charge is 0.398 e. The molecule has 0 unspecified atom stereocenters. The van der Waals surface area contributed by atoms with Gasteiger partial charge in [0.05, 0.1) is 10.6 Å². The normalized spacial score (nSPS) is 11.4. The summed E-state index contributed by atoms with van der Waals surface area (Å²) < 4.78 is 41.0. The molecular formula is C15H17FN2O2S. The summed E-state index contributed by atoms with van der Waals surface area (Å²) in [5.41, 5.74) is 8.06. The van der Waals surface area contributed by atoms with Gasteiger partial charge in [-0.1, -0.05) is 18.2 Å². The summed E-state index contributed by atoms with van der Waals surface area (Å²) in [6, 6.07) is 7.67. The summed E-state index contributed by atoms with van der Waals surface area (Å²) in [6.45, 7) is 5.10. The Morgan fingerprint density at radius 2 is 1.67 bits per heavy atom. The molecule has 0 heterocycles. The number of anilines is 2. The lowest BCUT2D eigenvalue weighted by molar-refractivity contribution is 0.593. The second-order valence-electron chi connectivity index (χ2n) is 4.99. The van der Waals surface area contributed by atoms with Gasteiger partial charge in [-0.25, -0.2) is 12.8 Å². The van der Waals surface area contributed by atoms with E-state index in [1.54, 1.807) is 26.0 Å². The molecule has 0 aliphatic rings. The minimum Gasteiger partial charge on any atom is -0.398 e. The highest BCUT2D eigenvalue weighted by Crippen LogP contribution is 2.26. The van der Waals surface area contributed by atoms with E-state index in [2.05, 4.69) is 4.72 Å². The van der Waals surface area contributed by atoms with Crippen LogP contribution in [0.2, 0.25) is 0 Å². The van der Waals surface area contributed by atoms with Crippen molar-refractivity contribution < 1.29 is 12.8 Å². The number of para-hydroxylation sites is 1. The van der Waals surface area contributed by atoms with E-state index >= 15 is 0 Å². The lowest BCUT2D eigenvalue weighted by Crippen LogP contribution is -2.15. The van der Waals surface area contributed by atoms with Crippen molar-refractivity contribution in [2.45, 2.75) is 25.7 Å². The Hall–Kier alpha value is -2.08. The average Bonchev–Trinajstić information content (AvgIpc) is 2.40. The van der Waals surface area contributed by atoms with Gasteiger partial charge in [-0.3, -0.25) is 4.72 Å². The van der Waals surface area contributed by atoms with Crippen LogP contribution in [0, 0.1) is 26.6 Å². The number of benzene rings is 2. The van der Waals surface area contributed by atoms with Crippen molar-refractivity contribution >= 4 is 21.4 Å². The molecule has 0 atom stereocenters. The minimum atomic E-state index is -3.89. The quantitative estimate of drug-likeness (QED) is 0.856. The third kappa shape index (κ3) is 3.00. The fourth-order valence-corrected chi connectivity index (χ4v) is 3.25. The minimum absolute atomic E-state index is 0.108. The van der Waals surface area contributed by atoms with Crippen LogP contribution in [0.25, 0.3) is 0 Å². The number of nitrogen functional groups attached to an aromatic ring is 1. The Balaban J connectivity index is 2.49. The Kier molecular flexibility index (Phi) is 3.91. The SMILES string of the molecule is Cc1cccc(C)c1NS(=O)(=O)c1cc(N)c(C)c(F)c1. The van der Waals surface area contributed by atoms with Crippen molar-refractivity contribution in [1.82, 2.24) is 0 Å². The van der Waals surface area contributed by atoms with Gasteiger partial charge in [-0.15, -0.1) is 0 Å². The van der Waals surface area contributed by atoms with Crippen molar-refractivity contribution in [3.05, 3.63) is 52.8 Å². The molecule has 0 bridgehead atoms. The lowest BCUT2D eigenvalue weighted by atomic mass is 10.1. The Morgan fingerprint density at radius 1 is 1.10 bits per heavy atom. The summed E-state index contributed by atoms with van der Waals surface area (Å²) in [5, 5.41) is 0. The number of nitrogens with two attached hydrogens (primary N) is 1. The second kappa shape index (κ2) is 5.37. The molecule has 0 saturated carbocycles. The summed E-state index contributed by atoms with van der Waals surface area (Å²) >= 11 is 0. The first kappa shape index (κ1) is 15.3. The fraction of sp³-hybridized carbons (Fsp3) is 0.200. The topological polar surface area (TPSA) is 72.2 Å². The average molecular weight is 308 g/mol. The molecule has 2 aromatic carbocycles. The molecule has 0 saturated heterocycles. The molecule has 4 nitrogen and oxygen atoms in total. The molecular weight excluding hydrogens is 291 g/mol. The van der Waals surface area contributed by atoms with E-state index in [1.165, 1.54) is 13.0 Å². The highest BCUT2D eigenvalue weighted by Gasteiger charge is 2.19. The Morgan fingerprint density at radius 3 is 2.19 bits per heavy atom. The van der Waals surface area contributed by atoms with Gasteiger partial charge in [-0.05, 0) is 44.0 Å². The van der Waals surface area contributed by atoms with Crippen molar-refractivity contribution in [2.24, 2.45) is 0 Å². The molecule has 2 rings (SSSR count). The van der Waals surface area contributed by atoms with Gasteiger partial charge in [0.15, 0.2) is 0 Å². The summed E-state index contributed by atoms with van der Waals surface area (Å²) in [4.78, 5) is -0.189. The Labute approximate surface area is 123 Å². The maximum absolute atomic E-state index is 13.7. The van der Waals surface area contributed by atoms with E-state index in [0.29, 0.717) is 5.69 Å². The van der Waals surface area contributed by atoms with Crippen LogP contribution in [0.15, 0.2) is 35.2 Å². The number of rotatable bonds is 3. The zero-order valence-corrected chi connectivity index (χ0v) is 12.9. The molecule has 0 radical (unpaired) electrons. The van der Waals surface area contributed by atoms with Crippen LogP contribution in [0.1, 0.15) is 16.7 Å². The first-order valence-electron chi connectivity index (χ1n) is 6.37. The second-order valence-corrected chi connectivity index (χ2v) is 6.67. The first-order valence-corrected chi connectivity index (χ1v) is 7.85. The van der Waals surface area contributed by atoms with Crippen LogP contribution < -0.4 is 10.5 Å². The van der Waals surface area contributed by atoms with Gasteiger partial charge >= 0.3 is 0 Å². The molecule has 0 aliphatic heterocycles. The summed E-state index contributed by atoms with van der Waals surface area (Å²) in [5.74, 6) is -0.642. The highest BCUT2D eigenvalue weighted by molar-refractivity contribution is 7.92. The molecule has 0 spiro atoms. The van der Waals surface area contributed by atoms with Crippen molar-refractivity contribution in [3.63, 3.8) is 0 Å². The molecule has 6 heteroatoms. The number of nitrogens with one attached hydrogen (secondary N) is 1. The zero-order valence-electron chi connectivity index (χ0n) is 12.1. The number of sulfonamides is 1. The number of hydrogen-bond donors (Lipinski definition) is 2. The summed E-state index contributed by atoms with van der Waals surface area (Å²) in [7, 11) is -3.89. The first-order chi connectivity index (χ1) is 9.72. The van der Waals surface area contributed by atoms with E-state index in [4.69, 9.17) is 5.73 Å². The standard InChI is InChI=1S/C15H17FN2O2S/c1-9-5-4-6-10(2)15(9)18-21(19,20)12-7-13(16)11(3)14(17)8-12/h4-8,18H,17H2,1-3H3. The van der Waals surface area contributed by atoms with E-state index < -0.39 is 15.8 Å². The van der Waals surface area contributed by atoms with Crippen LogP contribution in [0.3, 0.4) is 0 Å². The van der Waals surface area contributed by atoms with E-state index in [-0.39, 0.29) is 16.1 Å². The molecule has 0 fully saturated rings. The smallest absolute Gasteiger partial charge is 0.262 e. The maximum atomic E-state index is 13.7. The van der Waals surface area contributed by atoms with E-state index in [9.17, 15) is 12.8 Å².